The van der Waals surface area contributed by atoms with Gasteiger partial charge in [-0.15, -0.1) is 11.6 Å². The van der Waals surface area contributed by atoms with E-state index >= 15 is 0 Å². The molecule has 0 aromatic rings. The third kappa shape index (κ3) is 4.98. The molecule has 0 radical (unpaired) electrons. The first-order chi connectivity index (χ1) is 17.0. The predicted octanol–water partition coefficient (Wildman–Crippen LogP) is 1.85. The molecule has 7 atom stereocenters. The first-order valence-corrected chi connectivity index (χ1v) is 13.8. The molecule has 5 aliphatic rings. The molecular formula is C24H38ClF3N6O2. The van der Waals surface area contributed by atoms with Gasteiger partial charge >= 0.3 is 6.18 Å². The molecule has 5 fully saturated rings. The minimum atomic E-state index is -4.51. The van der Waals surface area contributed by atoms with Crippen LogP contribution in [0.25, 0.3) is 0 Å². The molecule has 1 aliphatic carbocycles. The molecule has 204 valence electrons. The van der Waals surface area contributed by atoms with Crippen molar-refractivity contribution in [2.24, 2.45) is 17.8 Å². The van der Waals surface area contributed by atoms with Crippen LogP contribution in [-0.2, 0) is 9.59 Å². The van der Waals surface area contributed by atoms with Crippen molar-refractivity contribution in [3.63, 3.8) is 0 Å². The molecule has 36 heavy (non-hydrogen) atoms. The second-order valence-corrected chi connectivity index (χ2v) is 12.0. The van der Waals surface area contributed by atoms with Crippen LogP contribution in [0, 0.1) is 17.8 Å². The number of likely N-dealkylation sites (tertiary alicyclic amines) is 1. The number of hydrogen-bond acceptors (Lipinski definition) is 6. The Kier molecular flexibility index (Phi) is 7.50. The summed E-state index contributed by atoms with van der Waals surface area (Å²) >= 11 is 6.38. The summed E-state index contributed by atoms with van der Waals surface area (Å²) in [7, 11) is 1.25. The van der Waals surface area contributed by atoms with Gasteiger partial charge in [-0.25, -0.2) is 10.4 Å². The van der Waals surface area contributed by atoms with Gasteiger partial charge in [0.1, 0.15) is 6.04 Å². The van der Waals surface area contributed by atoms with Crippen molar-refractivity contribution >= 4 is 23.4 Å². The summed E-state index contributed by atoms with van der Waals surface area (Å²) in [5.41, 5.74) is 3.33. The largest absolute Gasteiger partial charge is 0.409 e. The summed E-state index contributed by atoms with van der Waals surface area (Å²) < 4.78 is 42.7. The Hall–Kier alpha value is -1.14. The van der Waals surface area contributed by atoms with Crippen LogP contribution in [0.2, 0.25) is 0 Å². The van der Waals surface area contributed by atoms with Gasteiger partial charge in [-0.2, -0.15) is 13.2 Å². The Morgan fingerprint density at radius 1 is 1.17 bits per heavy atom. The van der Waals surface area contributed by atoms with Crippen LogP contribution < -0.4 is 16.1 Å². The number of carbonyl (C=O) groups excluding carboxylic acids is 2. The highest BCUT2D eigenvalue weighted by Crippen LogP contribution is 2.42. The maximum Gasteiger partial charge on any atom is 0.409 e. The second-order valence-electron chi connectivity index (χ2n) is 11.4. The Morgan fingerprint density at radius 3 is 2.53 bits per heavy atom. The molecule has 2 amide bonds. The monoisotopic (exact) mass is 534 g/mol. The number of hydrogen-bond donors (Lipinski definition) is 3. The van der Waals surface area contributed by atoms with Gasteiger partial charge in [-0.3, -0.25) is 19.8 Å². The standard InChI is InChI=1S/C24H38ClF3N6O2/c1-13-7-8-33(17-12-29-19-10-18(25)31-34(19)21(13)17)16-5-3-14(4-6-16)22(24(26,27)28)32(2)23(36)15-9-20(35)30-11-15/h13-19,21-22,29,31H,3-12H2,1-2H3,(H,30,35)/t13-,14?,15-,16?,17?,18?,19?,21?,22-/m0/s1. The summed E-state index contributed by atoms with van der Waals surface area (Å²) in [5.74, 6) is -1.72. The lowest BCUT2D eigenvalue weighted by atomic mass is 9.77. The predicted molar refractivity (Wildman–Crippen MR) is 129 cm³/mol. The third-order valence-corrected chi connectivity index (χ3v) is 9.54. The van der Waals surface area contributed by atoms with E-state index in [4.69, 9.17) is 11.6 Å². The SMILES string of the molecule is C[C@H]1CCN(C2CCC([C@H](N(C)C(=O)[C@@H]3CNC(=O)C3)C(F)(F)F)CC2)C2CNC3CC(Cl)NN3C21. The van der Waals surface area contributed by atoms with Gasteiger partial charge in [-0.1, -0.05) is 6.92 Å². The molecule has 4 aliphatic heterocycles. The van der Waals surface area contributed by atoms with Crippen LogP contribution in [0.5, 0.6) is 0 Å². The van der Waals surface area contributed by atoms with Crippen molar-refractivity contribution in [3.05, 3.63) is 0 Å². The molecule has 5 rings (SSSR count). The Labute approximate surface area is 215 Å². The zero-order chi connectivity index (χ0) is 25.8. The number of nitrogens with one attached hydrogen (secondary N) is 3. The molecule has 0 aromatic carbocycles. The number of piperidine rings is 1. The van der Waals surface area contributed by atoms with E-state index < -0.39 is 30.0 Å². The fourth-order valence-corrected chi connectivity index (χ4v) is 7.80. The van der Waals surface area contributed by atoms with E-state index in [1.54, 1.807) is 0 Å². The lowest BCUT2D eigenvalue weighted by Gasteiger charge is -2.55. The number of halogens is 4. The van der Waals surface area contributed by atoms with Crippen molar-refractivity contribution in [2.45, 2.75) is 93.9 Å². The number of nitrogens with zero attached hydrogens (tertiary/aromatic N) is 3. The maximum absolute atomic E-state index is 14.2. The molecule has 4 unspecified atom stereocenters. The van der Waals surface area contributed by atoms with Crippen molar-refractivity contribution < 1.29 is 22.8 Å². The topological polar surface area (TPSA) is 79.9 Å². The summed E-state index contributed by atoms with van der Waals surface area (Å²) in [6.45, 7) is 4.20. The zero-order valence-corrected chi connectivity index (χ0v) is 21.7. The minimum absolute atomic E-state index is 0.0400. The van der Waals surface area contributed by atoms with Gasteiger partial charge in [0.05, 0.1) is 17.6 Å². The van der Waals surface area contributed by atoms with Crippen LogP contribution in [0.3, 0.4) is 0 Å². The van der Waals surface area contributed by atoms with Crippen LogP contribution in [0.1, 0.15) is 51.9 Å². The Balaban J connectivity index is 1.24. The van der Waals surface area contributed by atoms with E-state index in [0.717, 1.165) is 30.8 Å². The highest BCUT2D eigenvalue weighted by molar-refractivity contribution is 6.20. The normalized spacial score (nSPS) is 40.9. The molecule has 0 aromatic heterocycles. The van der Waals surface area contributed by atoms with Gasteiger partial charge in [0, 0.05) is 51.1 Å². The molecule has 0 spiro atoms. The van der Waals surface area contributed by atoms with Crippen molar-refractivity contribution in [2.75, 3.05) is 26.7 Å². The van der Waals surface area contributed by atoms with E-state index in [1.165, 1.54) is 7.05 Å². The molecule has 1 saturated carbocycles. The van der Waals surface area contributed by atoms with Gasteiger partial charge < -0.3 is 10.2 Å². The van der Waals surface area contributed by atoms with Crippen molar-refractivity contribution in [3.8, 4) is 0 Å². The number of amides is 2. The summed E-state index contributed by atoms with van der Waals surface area (Å²) in [6, 6.07) is -0.972. The smallest absolute Gasteiger partial charge is 0.355 e. The van der Waals surface area contributed by atoms with Crippen LogP contribution in [-0.4, -0.2) is 95.3 Å². The summed E-state index contributed by atoms with van der Waals surface area (Å²) in [4.78, 5) is 27.7. The number of fused-ring (bicyclic) bond motifs is 3. The van der Waals surface area contributed by atoms with Gasteiger partial charge in [0.2, 0.25) is 11.8 Å². The lowest BCUT2D eigenvalue weighted by Crippen LogP contribution is -2.72. The van der Waals surface area contributed by atoms with E-state index in [9.17, 15) is 22.8 Å². The van der Waals surface area contributed by atoms with Gasteiger partial charge in [0.15, 0.2) is 0 Å². The summed E-state index contributed by atoms with van der Waals surface area (Å²) in [5, 5.41) is 8.46. The molecular weight excluding hydrogens is 497 g/mol. The fourth-order valence-electron chi connectivity index (χ4n) is 7.52. The number of hydrazine groups is 1. The number of alkyl halides is 4. The highest BCUT2D eigenvalue weighted by atomic mass is 35.5. The molecule has 4 saturated heterocycles. The molecule has 4 heterocycles. The van der Waals surface area contributed by atoms with Gasteiger partial charge in [-0.05, 0) is 50.5 Å². The minimum Gasteiger partial charge on any atom is -0.355 e. The quantitative estimate of drug-likeness (QED) is 0.377. The van der Waals surface area contributed by atoms with E-state index in [2.05, 4.69) is 32.9 Å². The fraction of sp³-hybridized carbons (Fsp3) is 0.917. The molecule has 0 bridgehead atoms. The van der Waals surface area contributed by atoms with E-state index in [0.29, 0.717) is 37.6 Å². The van der Waals surface area contributed by atoms with Crippen LogP contribution in [0.4, 0.5) is 13.2 Å². The van der Waals surface area contributed by atoms with Crippen molar-refractivity contribution in [1.82, 2.24) is 30.9 Å². The van der Waals surface area contributed by atoms with Gasteiger partial charge in [0.25, 0.3) is 0 Å². The average molecular weight is 535 g/mol. The third-order valence-electron chi connectivity index (χ3n) is 9.27. The molecule has 3 N–H and O–H groups in total. The van der Waals surface area contributed by atoms with E-state index in [1.807, 2.05) is 0 Å². The highest BCUT2D eigenvalue weighted by Gasteiger charge is 2.53. The average Bonchev–Trinajstić information content (AvgIpc) is 3.43. The van der Waals surface area contributed by atoms with Crippen molar-refractivity contribution in [1.29, 1.82) is 0 Å². The summed E-state index contributed by atoms with van der Waals surface area (Å²) in [6.07, 6.45) is -0.191. The van der Waals surface area contributed by atoms with Crippen LogP contribution >= 0.6 is 11.6 Å². The lowest BCUT2D eigenvalue weighted by molar-refractivity contribution is -0.203. The number of rotatable bonds is 4. The Morgan fingerprint density at radius 2 is 1.89 bits per heavy atom. The van der Waals surface area contributed by atoms with Crippen LogP contribution in [0.15, 0.2) is 0 Å². The molecule has 12 heteroatoms. The number of carbonyl (C=O) groups is 2. The first kappa shape index (κ1) is 26.5. The van der Waals surface area contributed by atoms with E-state index in [-0.39, 0.29) is 42.6 Å². The maximum atomic E-state index is 14.2. The zero-order valence-electron chi connectivity index (χ0n) is 20.9. The first-order valence-electron chi connectivity index (χ1n) is 13.3. The second kappa shape index (κ2) is 10.2. The molecule has 8 nitrogen and oxygen atoms in total. The Bertz CT molecular complexity index is 841.